The second-order valence-electron chi connectivity index (χ2n) is 7.15. The van der Waals surface area contributed by atoms with Gasteiger partial charge in [0.05, 0.1) is 5.56 Å². The first kappa shape index (κ1) is 21.5. The number of carbonyl (C=O) groups excluding carboxylic acids is 1. The van der Waals surface area contributed by atoms with Crippen molar-refractivity contribution in [2.24, 2.45) is 0 Å². The largest absolute Gasteiger partial charge is 0.459 e. The molecule has 0 fully saturated rings. The van der Waals surface area contributed by atoms with E-state index in [9.17, 15) is 18.0 Å². The fourth-order valence-electron chi connectivity index (χ4n) is 3.18. The second kappa shape index (κ2) is 8.39. The van der Waals surface area contributed by atoms with Crippen LogP contribution in [0, 0.1) is 6.92 Å². The molecule has 8 heteroatoms. The van der Waals surface area contributed by atoms with Gasteiger partial charge in [-0.3, -0.25) is 4.79 Å². The van der Waals surface area contributed by atoms with Gasteiger partial charge in [-0.05, 0) is 55.0 Å². The van der Waals surface area contributed by atoms with Crippen molar-refractivity contribution in [3.8, 4) is 22.6 Å². The quantitative estimate of drug-likeness (QED) is 0.382. The maximum atomic E-state index is 13.0. The van der Waals surface area contributed by atoms with Crippen molar-refractivity contribution in [2.45, 2.75) is 19.7 Å². The number of nitrogens with one attached hydrogen (secondary N) is 1. The highest BCUT2D eigenvalue weighted by Gasteiger charge is 2.30. The summed E-state index contributed by atoms with van der Waals surface area (Å²) in [7, 11) is 0. The van der Waals surface area contributed by atoms with Crippen LogP contribution in [0.25, 0.3) is 22.6 Å². The Morgan fingerprint density at radius 1 is 0.938 bits per heavy atom. The normalized spacial score (nSPS) is 11.5. The number of hydrogen-bond donors (Lipinski definition) is 2. The summed E-state index contributed by atoms with van der Waals surface area (Å²) in [5, 5.41) is 11.9. The fourth-order valence-corrected chi connectivity index (χ4v) is 3.18. The van der Waals surface area contributed by atoms with E-state index in [0.717, 1.165) is 17.7 Å². The van der Waals surface area contributed by atoms with Crippen LogP contribution in [0.4, 0.5) is 18.9 Å². The zero-order chi connectivity index (χ0) is 22.9. The third-order valence-corrected chi connectivity index (χ3v) is 4.89. The Balaban J connectivity index is 1.55. The molecule has 0 saturated carbocycles. The zero-order valence-electron chi connectivity index (χ0n) is 16.9. The lowest BCUT2D eigenvalue weighted by Crippen LogP contribution is -2.11. The zero-order valence-corrected chi connectivity index (χ0v) is 16.9. The minimum absolute atomic E-state index is 0.0391. The van der Waals surface area contributed by atoms with E-state index in [-0.39, 0.29) is 23.7 Å². The number of halogens is 3. The summed E-state index contributed by atoms with van der Waals surface area (Å²) >= 11 is 0. The van der Waals surface area contributed by atoms with Crippen LogP contribution in [-0.4, -0.2) is 11.0 Å². The summed E-state index contributed by atoms with van der Waals surface area (Å²) in [5.41, 5.74) is 1.43. The van der Waals surface area contributed by atoms with Crippen LogP contribution in [0.15, 0.2) is 75.6 Å². The third-order valence-electron chi connectivity index (χ3n) is 4.89. The van der Waals surface area contributed by atoms with E-state index in [2.05, 4.69) is 5.32 Å². The van der Waals surface area contributed by atoms with Gasteiger partial charge in [-0.25, -0.2) is 0 Å². The molecule has 0 spiro atoms. The molecule has 5 nitrogen and oxygen atoms in total. The van der Waals surface area contributed by atoms with Crippen molar-refractivity contribution < 1.29 is 31.9 Å². The molecule has 0 aliphatic heterocycles. The van der Waals surface area contributed by atoms with E-state index in [1.165, 1.54) is 24.3 Å². The van der Waals surface area contributed by atoms with E-state index < -0.39 is 17.6 Å². The van der Waals surface area contributed by atoms with Crippen LogP contribution < -0.4 is 5.32 Å². The predicted octanol–water partition coefficient (Wildman–Crippen LogP) is 6.28. The Bertz CT molecular complexity index is 1270. The number of aliphatic hydroxyl groups excluding tert-OH is 1. The van der Waals surface area contributed by atoms with Crippen molar-refractivity contribution in [3.63, 3.8) is 0 Å². The molecule has 0 aliphatic carbocycles. The number of aryl methyl sites for hydroxylation is 1. The molecule has 1 amide bonds. The minimum atomic E-state index is -4.47. The lowest BCUT2D eigenvalue weighted by atomic mass is 10.1. The highest BCUT2D eigenvalue weighted by Crippen LogP contribution is 2.33. The fraction of sp³-hybridized carbons (Fsp3) is 0.125. The van der Waals surface area contributed by atoms with E-state index in [1.54, 1.807) is 18.2 Å². The Morgan fingerprint density at radius 2 is 1.66 bits per heavy atom. The van der Waals surface area contributed by atoms with Crippen LogP contribution in [0.5, 0.6) is 0 Å². The Hall–Kier alpha value is -3.78. The predicted molar refractivity (Wildman–Crippen MR) is 112 cm³/mol. The number of aliphatic hydroxyl groups is 1. The van der Waals surface area contributed by atoms with Gasteiger partial charge in [0.2, 0.25) is 0 Å². The van der Waals surface area contributed by atoms with Gasteiger partial charge in [-0.2, -0.15) is 13.2 Å². The van der Waals surface area contributed by atoms with Crippen molar-refractivity contribution in [1.82, 2.24) is 0 Å². The van der Waals surface area contributed by atoms with Gasteiger partial charge in [0.25, 0.3) is 5.91 Å². The van der Waals surface area contributed by atoms with Crippen LogP contribution in [0.3, 0.4) is 0 Å². The summed E-state index contributed by atoms with van der Waals surface area (Å²) in [6.07, 6.45) is -4.47. The third kappa shape index (κ3) is 4.45. The smallest absolute Gasteiger partial charge is 0.416 e. The summed E-state index contributed by atoms with van der Waals surface area (Å²) in [6, 6.07) is 16.3. The molecular formula is C24H18F3NO4. The highest BCUT2D eigenvalue weighted by atomic mass is 19.4. The van der Waals surface area contributed by atoms with Gasteiger partial charge >= 0.3 is 6.18 Å². The molecule has 0 saturated heterocycles. The lowest BCUT2D eigenvalue weighted by molar-refractivity contribution is -0.137. The van der Waals surface area contributed by atoms with Crippen molar-refractivity contribution in [2.75, 3.05) is 5.32 Å². The Morgan fingerprint density at radius 3 is 2.38 bits per heavy atom. The highest BCUT2D eigenvalue weighted by molar-refractivity contribution is 6.03. The molecule has 0 aliphatic rings. The molecule has 0 unspecified atom stereocenters. The first-order chi connectivity index (χ1) is 15.2. The number of carbonyl (C=O) groups is 1. The number of rotatable bonds is 5. The monoisotopic (exact) mass is 441 g/mol. The van der Waals surface area contributed by atoms with Crippen molar-refractivity contribution in [3.05, 3.63) is 89.4 Å². The van der Waals surface area contributed by atoms with Gasteiger partial charge in [-0.1, -0.05) is 24.3 Å². The summed E-state index contributed by atoms with van der Waals surface area (Å²) in [6.45, 7) is 1.60. The van der Waals surface area contributed by atoms with E-state index >= 15 is 0 Å². The first-order valence-corrected chi connectivity index (χ1v) is 9.64. The van der Waals surface area contributed by atoms with E-state index in [4.69, 9.17) is 13.9 Å². The molecule has 4 aromatic rings. The van der Waals surface area contributed by atoms with Gasteiger partial charge in [0, 0.05) is 16.8 Å². The number of benzene rings is 2. The average molecular weight is 441 g/mol. The molecule has 4 rings (SSSR count). The summed E-state index contributed by atoms with van der Waals surface area (Å²) < 4.78 is 49.9. The van der Waals surface area contributed by atoms with Gasteiger partial charge in [-0.15, -0.1) is 0 Å². The molecule has 32 heavy (non-hydrogen) atoms. The van der Waals surface area contributed by atoms with Crippen LogP contribution in [0.2, 0.25) is 0 Å². The van der Waals surface area contributed by atoms with Crippen molar-refractivity contribution >= 4 is 11.6 Å². The second-order valence-corrected chi connectivity index (χ2v) is 7.15. The van der Waals surface area contributed by atoms with Gasteiger partial charge in [0.15, 0.2) is 5.76 Å². The first-order valence-electron chi connectivity index (χ1n) is 9.64. The number of hydrogen-bond acceptors (Lipinski definition) is 4. The van der Waals surface area contributed by atoms with Gasteiger partial charge in [0.1, 0.15) is 23.9 Å². The molecule has 2 aromatic carbocycles. The molecule has 164 valence electrons. The standard InChI is InChI=1S/C24H18F3NO4/c1-14-5-6-16(20-8-7-18(13-29)31-20)12-19(14)28-23(30)22-10-9-21(32-22)15-3-2-4-17(11-15)24(25,26)27/h2-12,29H,13H2,1H3,(H,28,30). The van der Waals surface area contributed by atoms with Gasteiger partial charge < -0.3 is 19.3 Å². The minimum Gasteiger partial charge on any atom is -0.459 e. The maximum absolute atomic E-state index is 13.0. The molecule has 0 bridgehead atoms. The SMILES string of the molecule is Cc1ccc(-c2ccc(CO)o2)cc1NC(=O)c1ccc(-c2cccc(C(F)(F)F)c2)o1. The molecule has 2 aromatic heterocycles. The number of anilines is 1. The van der Waals surface area contributed by atoms with E-state index in [0.29, 0.717) is 22.8 Å². The Kier molecular flexibility index (Phi) is 5.63. The molecule has 2 heterocycles. The average Bonchev–Trinajstić information content (AvgIpc) is 3.45. The van der Waals surface area contributed by atoms with Crippen LogP contribution >= 0.6 is 0 Å². The topological polar surface area (TPSA) is 75.6 Å². The summed E-state index contributed by atoms with van der Waals surface area (Å²) in [4.78, 5) is 12.7. The Labute approximate surface area is 181 Å². The van der Waals surface area contributed by atoms with Crippen LogP contribution in [-0.2, 0) is 12.8 Å². The lowest BCUT2D eigenvalue weighted by Gasteiger charge is -2.09. The maximum Gasteiger partial charge on any atom is 0.416 e. The molecule has 0 atom stereocenters. The summed E-state index contributed by atoms with van der Waals surface area (Å²) in [5.74, 6) is 0.527. The molecule has 2 N–H and O–H groups in total. The number of alkyl halides is 3. The molecule has 0 radical (unpaired) electrons. The number of amides is 1. The van der Waals surface area contributed by atoms with Crippen LogP contribution in [0.1, 0.15) is 27.4 Å². The molecular weight excluding hydrogens is 423 g/mol. The van der Waals surface area contributed by atoms with Crippen molar-refractivity contribution in [1.29, 1.82) is 0 Å². The van der Waals surface area contributed by atoms with E-state index in [1.807, 2.05) is 19.1 Å². The number of furan rings is 2.